The number of hydrogen-bond acceptors (Lipinski definition) is 5. The first-order valence-electron chi connectivity index (χ1n) is 8.31. The van der Waals surface area contributed by atoms with E-state index in [2.05, 4.69) is 26.8 Å². The van der Waals surface area contributed by atoms with Crippen molar-refractivity contribution >= 4 is 45.3 Å². The summed E-state index contributed by atoms with van der Waals surface area (Å²) in [5.41, 5.74) is 4.21. The van der Waals surface area contributed by atoms with Gasteiger partial charge in [-0.3, -0.25) is 4.79 Å². The predicted molar refractivity (Wildman–Crippen MR) is 106 cm³/mol. The van der Waals surface area contributed by atoms with Crippen LogP contribution in [0.1, 0.15) is 26.6 Å². The Kier molecular flexibility index (Phi) is 3.96. The molecule has 9 heteroatoms. The van der Waals surface area contributed by atoms with Gasteiger partial charge < -0.3 is 14.5 Å². The van der Waals surface area contributed by atoms with Crippen molar-refractivity contribution in [1.82, 2.24) is 24.5 Å². The van der Waals surface area contributed by atoms with Gasteiger partial charge in [-0.25, -0.2) is 14.8 Å². The van der Waals surface area contributed by atoms with E-state index in [9.17, 15) is 9.59 Å². The van der Waals surface area contributed by atoms with Gasteiger partial charge in [-0.2, -0.15) is 5.10 Å². The molecule has 1 amide bonds. The first kappa shape index (κ1) is 17.2. The summed E-state index contributed by atoms with van der Waals surface area (Å²) in [4.78, 5) is 34.5. The molecule has 1 aromatic carbocycles. The van der Waals surface area contributed by atoms with Crippen LogP contribution in [0.5, 0.6) is 0 Å². The van der Waals surface area contributed by atoms with E-state index in [0.717, 1.165) is 26.5 Å². The lowest BCUT2D eigenvalue weighted by Gasteiger charge is -2.17. The minimum Gasteiger partial charge on any atom is -0.323 e. The second kappa shape index (κ2) is 6.20. The maximum atomic E-state index is 13.1. The third kappa shape index (κ3) is 2.76. The second-order valence-electron chi connectivity index (χ2n) is 6.38. The monoisotopic (exact) mass is 382 g/mol. The third-order valence-corrected chi connectivity index (χ3v) is 5.67. The Labute approximate surface area is 158 Å². The van der Waals surface area contributed by atoms with Crippen LogP contribution in [0, 0.1) is 13.8 Å². The molecule has 0 unspecified atom stereocenters. The molecule has 27 heavy (non-hydrogen) atoms. The lowest BCUT2D eigenvalue weighted by Crippen LogP contribution is -2.27. The maximum Gasteiger partial charge on any atom is 0.323 e. The van der Waals surface area contributed by atoms with E-state index in [0.29, 0.717) is 16.7 Å². The number of aryl methyl sites for hydroxylation is 3. The van der Waals surface area contributed by atoms with Crippen molar-refractivity contribution < 1.29 is 4.79 Å². The van der Waals surface area contributed by atoms with Crippen LogP contribution in [-0.2, 0) is 13.6 Å². The summed E-state index contributed by atoms with van der Waals surface area (Å²) < 4.78 is 2.82. The largest absolute Gasteiger partial charge is 0.323 e. The van der Waals surface area contributed by atoms with Crippen LogP contribution >= 0.6 is 11.3 Å². The van der Waals surface area contributed by atoms with E-state index in [1.807, 2.05) is 37.6 Å². The van der Waals surface area contributed by atoms with Crippen LogP contribution in [0.2, 0.25) is 0 Å². The van der Waals surface area contributed by atoms with Crippen LogP contribution in [-0.4, -0.2) is 37.2 Å². The Hall–Kier alpha value is -3.20. The lowest BCUT2D eigenvalue weighted by atomic mass is 10.2. The van der Waals surface area contributed by atoms with E-state index in [1.165, 1.54) is 5.01 Å². The molecule has 0 aliphatic carbocycles. The number of amides is 1. The average molecular weight is 382 g/mol. The van der Waals surface area contributed by atoms with Gasteiger partial charge >= 0.3 is 5.69 Å². The molecule has 0 fully saturated rings. The Balaban J connectivity index is 1.69. The van der Waals surface area contributed by atoms with Crippen molar-refractivity contribution in [1.29, 1.82) is 0 Å². The number of rotatable bonds is 4. The van der Waals surface area contributed by atoms with Crippen LogP contribution in [0.25, 0.3) is 21.4 Å². The first-order valence-corrected chi connectivity index (χ1v) is 9.12. The Morgan fingerprint density at radius 1 is 1.33 bits per heavy atom. The molecule has 2 N–H and O–H groups in total. The SMILES string of the molecule is C=NN(Cc1ccc2[nH]c(=O)[nH]c2c1)C(=O)c1c(C)c2sc(C)nc2n1C. The molecule has 3 aromatic heterocycles. The van der Waals surface area contributed by atoms with Crippen molar-refractivity contribution in [2.75, 3.05) is 0 Å². The minimum absolute atomic E-state index is 0.240. The molecular weight excluding hydrogens is 364 g/mol. The molecule has 4 aromatic rings. The number of hydrazone groups is 1. The molecule has 3 heterocycles. The number of carbonyl (C=O) groups excluding carboxylic acids is 1. The van der Waals surface area contributed by atoms with Crippen molar-refractivity contribution in [3.63, 3.8) is 0 Å². The summed E-state index contributed by atoms with van der Waals surface area (Å²) in [6.45, 7) is 7.67. The highest BCUT2D eigenvalue weighted by molar-refractivity contribution is 7.18. The van der Waals surface area contributed by atoms with Crippen LogP contribution in [0.3, 0.4) is 0 Å². The minimum atomic E-state index is -0.265. The average Bonchev–Trinajstić information content (AvgIpc) is 3.25. The molecule has 0 atom stereocenters. The molecule has 0 aliphatic rings. The molecule has 4 rings (SSSR count). The number of carbonyl (C=O) groups is 1. The zero-order valence-corrected chi connectivity index (χ0v) is 16.0. The number of aromatic amines is 2. The molecule has 0 saturated carbocycles. The predicted octanol–water partition coefficient (Wildman–Crippen LogP) is 2.68. The summed E-state index contributed by atoms with van der Waals surface area (Å²) in [7, 11) is 1.83. The maximum absolute atomic E-state index is 13.1. The summed E-state index contributed by atoms with van der Waals surface area (Å²) in [6, 6.07) is 5.46. The van der Waals surface area contributed by atoms with E-state index >= 15 is 0 Å². The number of imidazole rings is 1. The van der Waals surface area contributed by atoms with Gasteiger partial charge in [0.15, 0.2) is 5.65 Å². The number of nitrogens with zero attached hydrogens (tertiary/aromatic N) is 4. The zero-order valence-electron chi connectivity index (χ0n) is 15.2. The molecule has 138 valence electrons. The third-order valence-electron chi connectivity index (χ3n) is 4.59. The zero-order chi connectivity index (χ0) is 19.3. The van der Waals surface area contributed by atoms with Crippen LogP contribution < -0.4 is 5.69 Å². The smallest absolute Gasteiger partial charge is 0.323 e. The summed E-state index contributed by atoms with van der Waals surface area (Å²) in [5.74, 6) is -0.240. The summed E-state index contributed by atoms with van der Waals surface area (Å²) in [6.07, 6.45) is 0. The van der Waals surface area contributed by atoms with E-state index < -0.39 is 0 Å². The number of nitrogens with one attached hydrogen (secondary N) is 2. The quantitative estimate of drug-likeness (QED) is 0.419. The fourth-order valence-electron chi connectivity index (χ4n) is 3.32. The van der Waals surface area contributed by atoms with E-state index in [-0.39, 0.29) is 18.1 Å². The van der Waals surface area contributed by atoms with Crippen LogP contribution in [0.4, 0.5) is 0 Å². The van der Waals surface area contributed by atoms with Crippen molar-refractivity contribution in [3.8, 4) is 0 Å². The number of benzene rings is 1. The number of thiazole rings is 1. The van der Waals surface area contributed by atoms with Gasteiger partial charge in [-0.15, -0.1) is 11.3 Å². The molecule has 8 nitrogen and oxygen atoms in total. The Morgan fingerprint density at radius 2 is 2.07 bits per heavy atom. The van der Waals surface area contributed by atoms with Gasteiger partial charge in [-0.1, -0.05) is 6.07 Å². The number of aromatic nitrogens is 4. The van der Waals surface area contributed by atoms with Gasteiger partial charge in [0.1, 0.15) is 5.69 Å². The Morgan fingerprint density at radius 3 is 2.78 bits per heavy atom. The Bertz CT molecular complexity index is 1220. The van der Waals surface area contributed by atoms with Gasteiger partial charge in [0.25, 0.3) is 5.91 Å². The fourth-order valence-corrected chi connectivity index (χ4v) is 4.27. The number of fused-ring (bicyclic) bond motifs is 2. The molecule has 0 bridgehead atoms. The van der Waals surface area contributed by atoms with Crippen LogP contribution in [0.15, 0.2) is 28.1 Å². The van der Waals surface area contributed by atoms with Crippen molar-refractivity contribution in [2.45, 2.75) is 20.4 Å². The highest BCUT2D eigenvalue weighted by atomic mass is 32.1. The molecule has 0 radical (unpaired) electrons. The van der Waals surface area contributed by atoms with Gasteiger partial charge in [0, 0.05) is 13.8 Å². The molecule has 0 aliphatic heterocycles. The molecule has 0 saturated heterocycles. The van der Waals surface area contributed by atoms with Gasteiger partial charge in [0.05, 0.1) is 27.3 Å². The van der Waals surface area contributed by atoms with Crippen molar-refractivity contribution in [2.24, 2.45) is 12.1 Å². The number of hydrogen-bond donors (Lipinski definition) is 2. The van der Waals surface area contributed by atoms with Gasteiger partial charge in [0.2, 0.25) is 0 Å². The summed E-state index contributed by atoms with van der Waals surface area (Å²) >= 11 is 1.57. The number of H-pyrrole nitrogens is 2. The highest BCUT2D eigenvalue weighted by Crippen LogP contribution is 2.30. The lowest BCUT2D eigenvalue weighted by molar-refractivity contribution is 0.0740. The fraction of sp³-hybridized carbons (Fsp3) is 0.222. The highest BCUT2D eigenvalue weighted by Gasteiger charge is 2.25. The van der Waals surface area contributed by atoms with E-state index in [4.69, 9.17) is 0 Å². The second-order valence-corrected chi connectivity index (χ2v) is 7.58. The summed E-state index contributed by atoms with van der Waals surface area (Å²) in [5, 5.41) is 6.21. The van der Waals surface area contributed by atoms with Gasteiger partial charge in [-0.05, 0) is 37.1 Å². The van der Waals surface area contributed by atoms with Crippen molar-refractivity contribution in [3.05, 3.63) is 50.5 Å². The van der Waals surface area contributed by atoms with E-state index in [1.54, 1.807) is 17.4 Å². The first-order chi connectivity index (χ1) is 12.9. The normalized spacial score (nSPS) is 11.4. The molecular formula is C18H18N6O2S. The topological polar surface area (TPSA) is 99.1 Å². The standard InChI is InChI=1S/C18H18N6O2S/c1-9-14(23(4)16-15(9)27-10(2)20-16)17(25)24(19-3)8-11-5-6-12-13(7-11)22-18(26)21-12/h5-7H,3,8H2,1-2,4H3,(H2,21,22,26). The molecule has 0 spiro atoms.